The average Bonchev–Trinajstić information content (AvgIpc) is 3.25. The lowest BCUT2D eigenvalue weighted by Gasteiger charge is -2.26. The standard InChI is InChI=1S/C21H27N3O3S2/c25-20(12-23-21(26)16-29-15-18-4-8-27-14-18)2-1-19-11-17(3-5-22-19)13-24-6-9-28-10-7-24/h2-5,8,11,14,25H,1,6-7,9-10,12-13,15-16H2,(H,23,26). The average molecular weight is 434 g/mol. The van der Waals surface area contributed by atoms with Crippen LogP contribution in [0.3, 0.4) is 0 Å². The summed E-state index contributed by atoms with van der Waals surface area (Å²) in [6, 6.07) is 6.03. The van der Waals surface area contributed by atoms with Crippen LogP contribution in [0.15, 0.2) is 53.2 Å². The van der Waals surface area contributed by atoms with E-state index in [0.29, 0.717) is 12.2 Å². The van der Waals surface area contributed by atoms with Gasteiger partial charge in [-0.3, -0.25) is 14.7 Å². The smallest absolute Gasteiger partial charge is 0.230 e. The Balaban J connectivity index is 1.37. The predicted molar refractivity (Wildman–Crippen MR) is 119 cm³/mol. The minimum Gasteiger partial charge on any atom is -0.511 e. The zero-order valence-corrected chi connectivity index (χ0v) is 18.0. The van der Waals surface area contributed by atoms with Gasteiger partial charge in [0.15, 0.2) is 0 Å². The molecule has 3 heterocycles. The quantitative estimate of drug-likeness (QED) is 0.557. The molecule has 1 aliphatic rings. The number of pyridine rings is 1. The molecule has 0 unspecified atom stereocenters. The number of aliphatic hydroxyl groups excluding tert-OH is 1. The minimum absolute atomic E-state index is 0.0988. The largest absolute Gasteiger partial charge is 0.511 e. The summed E-state index contributed by atoms with van der Waals surface area (Å²) in [7, 11) is 0. The van der Waals surface area contributed by atoms with Gasteiger partial charge in [0, 0.05) is 60.8 Å². The van der Waals surface area contributed by atoms with E-state index < -0.39 is 0 Å². The summed E-state index contributed by atoms with van der Waals surface area (Å²) < 4.78 is 5.00. The molecular formula is C21H27N3O3S2. The lowest BCUT2D eigenvalue weighted by Crippen LogP contribution is -2.31. The molecule has 1 amide bonds. The number of aliphatic hydroxyl groups is 1. The molecule has 2 aromatic rings. The van der Waals surface area contributed by atoms with Crippen LogP contribution in [0.25, 0.3) is 0 Å². The van der Waals surface area contributed by atoms with E-state index in [1.54, 1.807) is 18.6 Å². The Labute approximate surface area is 180 Å². The number of thioether (sulfide) groups is 2. The van der Waals surface area contributed by atoms with E-state index in [-0.39, 0.29) is 18.2 Å². The van der Waals surface area contributed by atoms with Crippen molar-refractivity contribution in [2.75, 3.05) is 36.9 Å². The van der Waals surface area contributed by atoms with E-state index in [2.05, 4.69) is 27.3 Å². The highest BCUT2D eigenvalue weighted by molar-refractivity contribution is 7.99. The molecule has 2 N–H and O–H groups in total. The molecule has 6 nitrogen and oxygen atoms in total. The van der Waals surface area contributed by atoms with Crippen molar-refractivity contribution in [2.45, 2.75) is 18.7 Å². The van der Waals surface area contributed by atoms with E-state index in [1.807, 2.05) is 24.0 Å². The molecule has 3 rings (SSSR count). The summed E-state index contributed by atoms with van der Waals surface area (Å²) in [6.45, 7) is 3.33. The Morgan fingerprint density at radius 1 is 1.34 bits per heavy atom. The SMILES string of the molecule is O=C(CSCc1ccoc1)NCC(O)=CCc1cc(CN2CCSCC2)ccn1. The van der Waals surface area contributed by atoms with Crippen molar-refractivity contribution in [3.8, 4) is 0 Å². The van der Waals surface area contributed by atoms with Crippen molar-refractivity contribution < 1.29 is 14.3 Å². The fourth-order valence-corrected chi connectivity index (χ4v) is 4.69. The van der Waals surface area contributed by atoms with Crippen LogP contribution < -0.4 is 5.32 Å². The maximum atomic E-state index is 11.9. The lowest BCUT2D eigenvalue weighted by molar-refractivity contribution is -0.118. The topological polar surface area (TPSA) is 78.6 Å². The van der Waals surface area contributed by atoms with Crippen LogP contribution in [-0.4, -0.2) is 57.8 Å². The molecule has 2 aromatic heterocycles. The summed E-state index contributed by atoms with van der Waals surface area (Å²) in [4.78, 5) is 18.7. The van der Waals surface area contributed by atoms with Crippen molar-refractivity contribution in [1.29, 1.82) is 0 Å². The van der Waals surface area contributed by atoms with Gasteiger partial charge < -0.3 is 14.8 Å². The van der Waals surface area contributed by atoms with Gasteiger partial charge in [-0.05, 0) is 29.8 Å². The van der Waals surface area contributed by atoms with Crippen LogP contribution in [0.2, 0.25) is 0 Å². The van der Waals surface area contributed by atoms with Crippen LogP contribution in [0.1, 0.15) is 16.8 Å². The third-order valence-electron chi connectivity index (χ3n) is 4.49. The summed E-state index contributed by atoms with van der Waals surface area (Å²) in [5.41, 5.74) is 3.22. The van der Waals surface area contributed by atoms with Gasteiger partial charge in [0.2, 0.25) is 5.91 Å². The summed E-state index contributed by atoms with van der Waals surface area (Å²) in [5, 5.41) is 12.8. The van der Waals surface area contributed by atoms with Crippen LogP contribution in [0.5, 0.6) is 0 Å². The van der Waals surface area contributed by atoms with Crippen LogP contribution in [0, 0.1) is 0 Å². The minimum atomic E-state index is -0.0988. The number of nitrogens with zero attached hydrogens (tertiary/aromatic N) is 2. The van der Waals surface area contributed by atoms with E-state index in [4.69, 9.17) is 4.42 Å². The molecule has 0 radical (unpaired) electrons. The summed E-state index contributed by atoms with van der Waals surface area (Å²) in [5.74, 6) is 3.52. The van der Waals surface area contributed by atoms with Crippen molar-refractivity contribution in [1.82, 2.24) is 15.2 Å². The van der Waals surface area contributed by atoms with Crippen LogP contribution in [0.4, 0.5) is 0 Å². The molecule has 0 atom stereocenters. The Kier molecular flexibility index (Phi) is 8.98. The monoisotopic (exact) mass is 433 g/mol. The normalized spacial score (nSPS) is 15.4. The first-order valence-electron chi connectivity index (χ1n) is 9.66. The molecule has 156 valence electrons. The van der Waals surface area contributed by atoms with Gasteiger partial charge in [0.05, 0.1) is 24.8 Å². The Hall–Kier alpha value is -1.90. The van der Waals surface area contributed by atoms with Crippen molar-refractivity contribution in [2.24, 2.45) is 0 Å². The second kappa shape index (κ2) is 11.9. The number of carbonyl (C=O) groups is 1. The summed E-state index contributed by atoms with van der Waals surface area (Å²) >= 11 is 3.52. The highest BCUT2D eigenvalue weighted by Gasteiger charge is 2.11. The maximum absolute atomic E-state index is 11.9. The molecule has 0 aromatic carbocycles. The molecule has 29 heavy (non-hydrogen) atoms. The van der Waals surface area contributed by atoms with Crippen molar-refractivity contribution >= 4 is 29.4 Å². The number of nitrogens with one attached hydrogen (secondary N) is 1. The van der Waals surface area contributed by atoms with Crippen molar-refractivity contribution in [3.05, 3.63) is 65.6 Å². The number of aromatic nitrogens is 1. The molecule has 0 aliphatic carbocycles. The van der Waals surface area contributed by atoms with Crippen LogP contribution >= 0.6 is 23.5 Å². The molecule has 1 aliphatic heterocycles. The fraction of sp³-hybridized carbons (Fsp3) is 0.429. The van der Waals surface area contributed by atoms with Gasteiger partial charge in [-0.15, -0.1) is 11.8 Å². The van der Waals surface area contributed by atoms with Gasteiger partial charge in [-0.2, -0.15) is 11.8 Å². The van der Waals surface area contributed by atoms with Gasteiger partial charge in [-0.25, -0.2) is 0 Å². The first kappa shape index (κ1) is 21.8. The van der Waals surface area contributed by atoms with E-state index >= 15 is 0 Å². The molecule has 1 saturated heterocycles. The third kappa shape index (κ3) is 8.16. The Morgan fingerprint density at radius 2 is 2.21 bits per heavy atom. The lowest BCUT2D eigenvalue weighted by atomic mass is 10.1. The molecule has 8 heteroatoms. The first-order valence-corrected chi connectivity index (χ1v) is 12.0. The number of allylic oxidation sites excluding steroid dienone is 1. The molecule has 0 saturated carbocycles. The predicted octanol–water partition coefficient (Wildman–Crippen LogP) is 3.26. The molecule has 1 fully saturated rings. The summed E-state index contributed by atoms with van der Waals surface area (Å²) in [6.07, 6.45) is 7.38. The van der Waals surface area contributed by atoms with Gasteiger partial charge in [-0.1, -0.05) is 0 Å². The molecule has 0 spiro atoms. The number of furan rings is 1. The number of amides is 1. The Bertz CT molecular complexity index is 790. The highest BCUT2D eigenvalue weighted by atomic mass is 32.2. The zero-order chi connectivity index (χ0) is 20.3. The second-order valence-electron chi connectivity index (χ2n) is 6.84. The highest BCUT2D eigenvalue weighted by Crippen LogP contribution is 2.14. The number of hydrogen-bond acceptors (Lipinski definition) is 7. The van der Waals surface area contributed by atoms with E-state index in [9.17, 15) is 9.90 Å². The molecule has 0 bridgehead atoms. The van der Waals surface area contributed by atoms with Crippen molar-refractivity contribution in [3.63, 3.8) is 0 Å². The second-order valence-corrected chi connectivity index (χ2v) is 9.06. The van der Waals surface area contributed by atoms with Gasteiger partial charge in [0.25, 0.3) is 0 Å². The zero-order valence-electron chi connectivity index (χ0n) is 16.4. The first-order chi connectivity index (χ1) is 14.2. The third-order valence-corrected chi connectivity index (χ3v) is 6.43. The van der Waals surface area contributed by atoms with E-state index in [0.717, 1.165) is 36.6 Å². The van der Waals surface area contributed by atoms with Gasteiger partial charge >= 0.3 is 0 Å². The van der Waals surface area contributed by atoms with E-state index in [1.165, 1.54) is 28.8 Å². The Morgan fingerprint density at radius 3 is 3.00 bits per heavy atom. The van der Waals surface area contributed by atoms with Gasteiger partial charge in [0.1, 0.15) is 5.76 Å². The molecular weight excluding hydrogens is 406 g/mol. The maximum Gasteiger partial charge on any atom is 0.230 e. The number of rotatable bonds is 10. The number of carbonyl (C=O) groups excluding carboxylic acids is 1. The van der Waals surface area contributed by atoms with Crippen LogP contribution in [-0.2, 0) is 23.5 Å². The number of hydrogen-bond donors (Lipinski definition) is 2. The fourth-order valence-electron chi connectivity index (χ4n) is 2.93.